The van der Waals surface area contributed by atoms with Crippen LogP contribution in [0.15, 0.2) is 78.9 Å². The highest BCUT2D eigenvalue weighted by atomic mass is 16.2. The molecule has 0 bridgehead atoms. The monoisotopic (exact) mass is 497 g/mol. The highest BCUT2D eigenvalue weighted by Crippen LogP contribution is 2.23. The molecule has 0 aliphatic carbocycles. The topological polar surface area (TPSA) is 86.8 Å². The van der Waals surface area contributed by atoms with Crippen LogP contribution in [0.3, 0.4) is 0 Å². The Hall–Kier alpha value is -4.26. The van der Waals surface area contributed by atoms with Crippen molar-refractivity contribution in [2.45, 2.75) is 38.8 Å². The predicted octanol–water partition coefficient (Wildman–Crippen LogP) is 3.76. The summed E-state index contributed by atoms with van der Waals surface area (Å²) in [6.07, 6.45) is 0.776. The summed E-state index contributed by atoms with van der Waals surface area (Å²) in [4.78, 5) is 54.9. The van der Waals surface area contributed by atoms with E-state index in [-0.39, 0.29) is 43.1 Å². The maximum Gasteiger partial charge on any atom is 0.261 e. The van der Waals surface area contributed by atoms with Gasteiger partial charge in [-0.15, -0.1) is 0 Å². The zero-order valence-electron chi connectivity index (χ0n) is 21.1. The molecule has 1 atom stereocenters. The first-order valence-corrected chi connectivity index (χ1v) is 12.5. The Morgan fingerprint density at radius 1 is 0.865 bits per heavy atom. The van der Waals surface area contributed by atoms with Crippen LogP contribution in [0.4, 0.5) is 0 Å². The summed E-state index contributed by atoms with van der Waals surface area (Å²) in [5.74, 6) is -1.12. The lowest BCUT2D eigenvalue weighted by Gasteiger charge is -2.32. The van der Waals surface area contributed by atoms with Gasteiger partial charge in [0.25, 0.3) is 11.8 Å². The van der Waals surface area contributed by atoms with Gasteiger partial charge in [0.05, 0.1) is 11.1 Å². The summed E-state index contributed by atoms with van der Waals surface area (Å²) < 4.78 is 0. The fraction of sp³-hybridized carbons (Fsp3) is 0.267. The van der Waals surface area contributed by atoms with Crippen molar-refractivity contribution < 1.29 is 19.2 Å². The first kappa shape index (κ1) is 25.8. The average Bonchev–Trinajstić information content (AvgIpc) is 3.16. The highest BCUT2D eigenvalue weighted by molar-refractivity contribution is 6.21. The number of fused-ring (bicyclic) bond motifs is 1. The van der Waals surface area contributed by atoms with E-state index in [1.165, 1.54) is 4.90 Å². The molecule has 190 valence electrons. The van der Waals surface area contributed by atoms with E-state index in [0.29, 0.717) is 24.0 Å². The van der Waals surface area contributed by atoms with Crippen molar-refractivity contribution in [2.75, 3.05) is 13.6 Å². The van der Waals surface area contributed by atoms with Crippen LogP contribution in [0.2, 0.25) is 0 Å². The lowest BCUT2D eigenvalue weighted by molar-refractivity contribution is -0.141. The maximum absolute atomic E-state index is 13.6. The number of amides is 4. The van der Waals surface area contributed by atoms with E-state index >= 15 is 0 Å². The number of likely N-dealkylation sites (N-methyl/N-ethyl adjacent to an activating group) is 1. The molecule has 7 heteroatoms. The molecule has 0 fully saturated rings. The minimum atomic E-state index is -0.709. The second kappa shape index (κ2) is 11.6. The minimum Gasteiger partial charge on any atom is -0.357 e. The van der Waals surface area contributed by atoms with Gasteiger partial charge in [0.1, 0.15) is 6.04 Å². The predicted molar refractivity (Wildman–Crippen MR) is 141 cm³/mol. The largest absolute Gasteiger partial charge is 0.357 e. The second-order valence-electron chi connectivity index (χ2n) is 9.18. The third-order valence-corrected chi connectivity index (χ3v) is 6.77. The Morgan fingerprint density at radius 2 is 1.46 bits per heavy atom. The van der Waals surface area contributed by atoms with Crippen molar-refractivity contribution in [1.29, 1.82) is 0 Å². The number of nitrogens with one attached hydrogen (secondary N) is 1. The first-order valence-electron chi connectivity index (χ1n) is 12.5. The smallest absolute Gasteiger partial charge is 0.261 e. The molecule has 37 heavy (non-hydrogen) atoms. The van der Waals surface area contributed by atoms with Crippen LogP contribution in [0.25, 0.3) is 0 Å². The zero-order valence-corrected chi connectivity index (χ0v) is 21.1. The van der Waals surface area contributed by atoms with Crippen LogP contribution in [0.5, 0.6) is 0 Å². The van der Waals surface area contributed by atoms with E-state index in [9.17, 15) is 19.2 Å². The van der Waals surface area contributed by atoms with Gasteiger partial charge < -0.3 is 10.2 Å². The van der Waals surface area contributed by atoms with Crippen molar-refractivity contribution >= 4 is 23.6 Å². The zero-order chi connectivity index (χ0) is 26.4. The van der Waals surface area contributed by atoms with Crippen LogP contribution < -0.4 is 5.32 Å². The number of benzene rings is 3. The number of rotatable bonds is 10. The van der Waals surface area contributed by atoms with E-state index in [1.807, 2.05) is 61.5 Å². The second-order valence-corrected chi connectivity index (χ2v) is 9.18. The Bertz CT molecular complexity index is 1270. The van der Waals surface area contributed by atoms with Gasteiger partial charge in [-0.1, -0.05) is 66.7 Å². The Labute approximate surface area is 217 Å². The number of imide groups is 1. The van der Waals surface area contributed by atoms with Gasteiger partial charge >= 0.3 is 0 Å². The van der Waals surface area contributed by atoms with E-state index in [1.54, 1.807) is 36.2 Å². The van der Waals surface area contributed by atoms with Gasteiger partial charge in [0, 0.05) is 33.0 Å². The van der Waals surface area contributed by atoms with E-state index in [4.69, 9.17) is 0 Å². The molecule has 1 heterocycles. The summed E-state index contributed by atoms with van der Waals surface area (Å²) in [5.41, 5.74) is 3.72. The van der Waals surface area contributed by atoms with Crippen molar-refractivity contribution in [1.82, 2.24) is 15.1 Å². The summed E-state index contributed by atoms with van der Waals surface area (Å²) in [5, 5.41) is 2.71. The fourth-order valence-corrected chi connectivity index (χ4v) is 4.67. The first-order chi connectivity index (χ1) is 17.9. The molecule has 1 aliphatic heterocycles. The minimum absolute atomic E-state index is 0.0988. The Balaban J connectivity index is 1.52. The Morgan fingerprint density at radius 3 is 2.08 bits per heavy atom. The van der Waals surface area contributed by atoms with Gasteiger partial charge in [-0.25, -0.2) is 0 Å². The van der Waals surface area contributed by atoms with E-state index in [2.05, 4.69) is 5.32 Å². The van der Waals surface area contributed by atoms with Crippen LogP contribution in [-0.4, -0.2) is 53.1 Å². The van der Waals surface area contributed by atoms with Gasteiger partial charge in [-0.3, -0.25) is 24.1 Å². The van der Waals surface area contributed by atoms with Crippen molar-refractivity contribution in [3.63, 3.8) is 0 Å². The van der Waals surface area contributed by atoms with Crippen molar-refractivity contribution in [2.24, 2.45) is 0 Å². The van der Waals surface area contributed by atoms with Gasteiger partial charge in [0.15, 0.2) is 0 Å². The standard InChI is InChI=1S/C30H31N3O4/c1-21-11-6-7-14-23(21)20-33(26(28(35)31-2)19-22-12-4-3-5-13-22)27(34)17-10-18-32-29(36)24-15-8-9-16-25(24)30(32)37/h3-9,11-16,26H,10,17-20H2,1-2H3,(H,31,35)/t26-/m1/s1. The van der Waals surface area contributed by atoms with Crippen molar-refractivity contribution in [3.8, 4) is 0 Å². The molecule has 0 saturated carbocycles. The molecule has 0 unspecified atom stereocenters. The number of hydrogen-bond donors (Lipinski definition) is 1. The molecular formula is C30H31N3O4. The quantitative estimate of drug-likeness (QED) is 0.432. The number of nitrogens with zero attached hydrogens (tertiary/aromatic N) is 2. The third-order valence-electron chi connectivity index (χ3n) is 6.77. The number of carbonyl (C=O) groups is 4. The number of carbonyl (C=O) groups excluding carboxylic acids is 4. The maximum atomic E-state index is 13.6. The van der Waals surface area contributed by atoms with Gasteiger partial charge in [-0.05, 0) is 42.2 Å². The Kier molecular flexibility index (Phi) is 8.13. The molecule has 1 aliphatic rings. The normalized spacial score (nSPS) is 13.3. The molecule has 0 radical (unpaired) electrons. The number of hydrogen-bond acceptors (Lipinski definition) is 4. The fourth-order valence-electron chi connectivity index (χ4n) is 4.67. The van der Waals surface area contributed by atoms with Gasteiger partial charge in [0.2, 0.25) is 11.8 Å². The van der Waals surface area contributed by atoms with E-state index in [0.717, 1.165) is 16.7 Å². The lowest BCUT2D eigenvalue weighted by atomic mass is 10.0. The molecule has 1 N–H and O–H groups in total. The van der Waals surface area contributed by atoms with Crippen LogP contribution in [-0.2, 0) is 22.6 Å². The van der Waals surface area contributed by atoms with Gasteiger partial charge in [-0.2, -0.15) is 0 Å². The molecule has 0 saturated heterocycles. The van der Waals surface area contributed by atoms with Crippen molar-refractivity contribution in [3.05, 3.63) is 107 Å². The lowest BCUT2D eigenvalue weighted by Crippen LogP contribution is -2.50. The molecule has 3 aromatic rings. The average molecular weight is 498 g/mol. The summed E-state index contributed by atoms with van der Waals surface area (Å²) in [6, 6.07) is 23.4. The molecule has 0 aromatic heterocycles. The molecule has 3 aromatic carbocycles. The molecule has 4 rings (SSSR count). The molecule has 0 spiro atoms. The molecule has 4 amide bonds. The molecule has 7 nitrogen and oxygen atoms in total. The van der Waals surface area contributed by atoms with Crippen LogP contribution in [0, 0.1) is 6.92 Å². The van der Waals surface area contributed by atoms with Crippen LogP contribution in [0.1, 0.15) is 50.2 Å². The van der Waals surface area contributed by atoms with Crippen LogP contribution >= 0.6 is 0 Å². The molecular weight excluding hydrogens is 466 g/mol. The summed E-state index contributed by atoms with van der Waals surface area (Å²) in [7, 11) is 1.57. The third kappa shape index (κ3) is 5.77. The summed E-state index contributed by atoms with van der Waals surface area (Å²) >= 11 is 0. The SMILES string of the molecule is CNC(=O)[C@@H](Cc1ccccc1)N(Cc1ccccc1C)C(=O)CCCN1C(=O)c2ccccc2C1=O. The highest BCUT2D eigenvalue weighted by Gasteiger charge is 2.35. The number of aryl methyl sites for hydroxylation is 1. The summed E-state index contributed by atoms with van der Waals surface area (Å²) in [6.45, 7) is 2.40. The van der Waals surface area contributed by atoms with E-state index < -0.39 is 6.04 Å².